The van der Waals surface area contributed by atoms with Crippen LogP contribution in [0.2, 0.25) is 0 Å². The van der Waals surface area contributed by atoms with Gasteiger partial charge in [0.1, 0.15) is 5.75 Å². The van der Waals surface area contributed by atoms with Crippen molar-refractivity contribution >= 4 is 23.9 Å². The number of phenolic OH excluding ortho intramolecular Hbond substituents is 1. The Hall–Kier alpha value is -2.93. The van der Waals surface area contributed by atoms with Gasteiger partial charge in [0.2, 0.25) is 11.8 Å². The van der Waals surface area contributed by atoms with E-state index in [1.165, 1.54) is 21.6 Å². The van der Waals surface area contributed by atoms with E-state index in [1.54, 1.807) is 12.1 Å². The van der Waals surface area contributed by atoms with Crippen LogP contribution >= 0.6 is 0 Å². The quantitative estimate of drug-likeness (QED) is 0.210. The van der Waals surface area contributed by atoms with Crippen LogP contribution in [0.5, 0.6) is 5.75 Å². The number of ether oxygens (including phenoxy) is 1. The second-order valence-electron chi connectivity index (χ2n) is 11.2. The van der Waals surface area contributed by atoms with Crippen molar-refractivity contribution in [3.05, 3.63) is 46.5 Å². The minimum Gasteiger partial charge on any atom is -0.508 e. The fourth-order valence-electron chi connectivity index (χ4n) is 6.49. The molecule has 0 bridgehead atoms. The third kappa shape index (κ3) is 6.04. The average molecular weight is 524 g/mol. The van der Waals surface area contributed by atoms with Crippen LogP contribution in [0.4, 0.5) is 0 Å². The SMILES string of the molecule is CC/C(=C\c1cccc(O)c1)CC[C@H]1OC[C@H]2C1=C(C(C)C)C[C@H]1C(=O)N(CCCCCC(=O)O)C(=O)[C@H]12. The zero-order chi connectivity index (χ0) is 27.4. The zero-order valence-electron chi connectivity index (χ0n) is 22.8. The predicted octanol–water partition coefficient (Wildman–Crippen LogP) is 5.58. The Morgan fingerprint density at radius 1 is 1.13 bits per heavy atom. The molecule has 0 radical (unpaired) electrons. The standard InChI is InChI=1S/C31H41NO6/c1-4-20(15-21-9-8-10-22(33)16-21)12-13-26-28-23(19(2)3)17-24-29(25(28)18-38-26)31(37)32(30(24)36)14-7-5-6-11-27(34)35/h8-10,15-16,19,24-26,29,33H,4-7,11-14,17-18H2,1-3H3,(H,34,35)/b20-15+/t24-,25+,26-,29-/m1/s1. The Balaban J connectivity index is 1.46. The number of allylic oxidation sites excluding steroid dienone is 2. The first-order valence-corrected chi connectivity index (χ1v) is 14.1. The molecule has 4 rings (SSSR count). The molecule has 1 aromatic rings. The normalized spacial score (nSPS) is 25.4. The number of hydrogen-bond acceptors (Lipinski definition) is 5. The number of unbranched alkanes of at least 4 members (excludes halogenated alkanes) is 2. The molecule has 2 heterocycles. The predicted molar refractivity (Wildman–Crippen MR) is 145 cm³/mol. The minimum absolute atomic E-state index is 0.0505. The molecule has 1 aromatic carbocycles. The molecule has 2 aliphatic heterocycles. The van der Waals surface area contributed by atoms with Crippen molar-refractivity contribution in [1.29, 1.82) is 0 Å². The number of rotatable bonds is 12. The number of phenols is 1. The van der Waals surface area contributed by atoms with Crippen LogP contribution < -0.4 is 0 Å². The van der Waals surface area contributed by atoms with Gasteiger partial charge < -0.3 is 14.9 Å². The molecule has 0 spiro atoms. The summed E-state index contributed by atoms with van der Waals surface area (Å²) in [7, 11) is 0. The van der Waals surface area contributed by atoms with Gasteiger partial charge in [-0.3, -0.25) is 19.3 Å². The highest BCUT2D eigenvalue weighted by atomic mass is 16.5. The number of hydrogen-bond donors (Lipinski definition) is 2. The number of fused-ring (bicyclic) bond motifs is 3. The number of likely N-dealkylation sites (tertiary alicyclic amines) is 1. The summed E-state index contributed by atoms with van der Waals surface area (Å²) in [6.45, 7) is 7.30. The van der Waals surface area contributed by atoms with Crippen molar-refractivity contribution < 1.29 is 29.3 Å². The first-order chi connectivity index (χ1) is 18.2. The molecule has 7 nitrogen and oxygen atoms in total. The summed E-state index contributed by atoms with van der Waals surface area (Å²) in [4.78, 5) is 39.0. The van der Waals surface area contributed by atoms with E-state index in [4.69, 9.17) is 9.84 Å². The first kappa shape index (κ1) is 28.1. The topological polar surface area (TPSA) is 104 Å². The summed E-state index contributed by atoms with van der Waals surface area (Å²) < 4.78 is 6.34. The molecule has 3 aliphatic rings. The van der Waals surface area contributed by atoms with E-state index in [0.717, 1.165) is 24.8 Å². The number of carboxylic acids is 1. The first-order valence-electron chi connectivity index (χ1n) is 14.1. The number of carbonyl (C=O) groups is 3. The highest BCUT2D eigenvalue weighted by Gasteiger charge is 2.56. The average Bonchev–Trinajstić information content (AvgIpc) is 3.39. The molecule has 38 heavy (non-hydrogen) atoms. The maximum Gasteiger partial charge on any atom is 0.303 e. The molecule has 0 unspecified atom stereocenters. The Kier molecular flexibility index (Phi) is 9.08. The lowest BCUT2D eigenvalue weighted by molar-refractivity contribution is -0.141. The minimum atomic E-state index is -0.819. The van der Waals surface area contributed by atoms with Crippen molar-refractivity contribution in [3.63, 3.8) is 0 Å². The van der Waals surface area contributed by atoms with Crippen molar-refractivity contribution in [1.82, 2.24) is 4.90 Å². The van der Waals surface area contributed by atoms with Crippen LogP contribution in [-0.4, -0.2) is 52.2 Å². The number of aromatic hydroxyl groups is 1. The fraction of sp³-hybridized carbons (Fsp3) is 0.581. The molecule has 1 aliphatic carbocycles. The molecule has 0 saturated carbocycles. The lowest BCUT2D eigenvalue weighted by Gasteiger charge is -2.33. The van der Waals surface area contributed by atoms with Crippen molar-refractivity contribution in [2.45, 2.75) is 78.2 Å². The van der Waals surface area contributed by atoms with Crippen molar-refractivity contribution in [2.24, 2.45) is 23.7 Å². The molecule has 7 heteroatoms. The van der Waals surface area contributed by atoms with E-state index < -0.39 is 5.97 Å². The van der Waals surface area contributed by atoms with E-state index in [0.29, 0.717) is 38.8 Å². The van der Waals surface area contributed by atoms with Crippen molar-refractivity contribution in [3.8, 4) is 5.75 Å². The highest BCUT2D eigenvalue weighted by molar-refractivity contribution is 6.06. The smallest absolute Gasteiger partial charge is 0.303 e. The van der Waals surface area contributed by atoms with Gasteiger partial charge in [-0.15, -0.1) is 0 Å². The van der Waals surface area contributed by atoms with Crippen LogP contribution in [0.25, 0.3) is 6.08 Å². The van der Waals surface area contributed by atoms with Gasteiger partial charge in [-0.25, -0.2) is 0 Å². The Morgan fingerprint density at radius 3 is 2.61 bits per heavy atom. The summed E-state index contributed by atoms with van der Waals surface area (Å²) in [5.41, 5.74) is 4.79. The van der Waals surface area contributed by atoms with Gasteiger partial charge in [-0.2, -0.15) is 0 Å². The summed E-state index contributed by atoms with van der Waals surface area (Å²) in [6.07, 6.45) is 7.28. The third-order valence-electron chi connectivity index (χ3n) is 8.43. The largest absolute Gasteiger partial charge is 0.508 e. The monoisotopic (exact) mass is 523 g/mol. The van der Waals surface area contributed by atoms with Gasteiger partial charge in [0.25, 0.3) is 0 Å². The van der Waals surface area contributed by atoms with Crippen LogP contribution in [0.1, 0.15) is 77.7 Å². The maximum atomic E-state index is 13.5. The summed E-state index contributed by atoms with van der Waals surface area (Å²) in [6, 6.07) is 7.26. The molecule has 2 amide bonds. The molecular formula is C31H41NO6. The number of nitrogens with zero attached hydrogens (tertiary/aromatic N) is 1. The number of benzene rings is 1. The van der Waals surface area contributed by atoms with Crippen LogP contribution in [0.15, 0.2) is 41.0 Å². The van der Waals surface area contributed by atoms with Gasteiger partial charge >= 0.3 is 5.97 Å². The van der Waals surface area contributed by atoms with Gasteiger partial charge in [-0.05, 0) is 67.7 Å². The van der Waals surface area contributed by atoms with Gasteiger partial charge in [0.15, 0.2) is 0 Å². The molecule has 2 saturated heterocycles. The van der Waals surface area contributed by atoms with E-state index >= 15 is 0 Å². The number of carbonyl (C=O) groups excluding carboxylic acids is 2. The molecule has 4 atom stereocenters. The molecule has 0 aromatic heterocycles. The van der Waals surface area contributed by atoms with Gasteiger partial charge in [0.05, 0.1) is 24.5 Å². The lowest BCUT2D eigenvalue weighted by Crippen LogP contribution is -2.35. The third-order valence-corrected chi connectivity index (χ3v) is 8.43. The van der Waals surface area contributed by atoms with Crippen LogP contribution in [0, 0.1) is 23.7 Å². The molecule has 2 fully saturated rings. The summed E-state index contributed by atoms with van der Waals surface area (Å²) >= 11 is 0. The summed E-state index contributed by atoms with van der Waals surface area (Å²) in [5.74, 6) is -1.15. The number of carboxylic acid groups (broad SMARTS) is 1. The van der Waals surface area contributed by atoms with Gasteiger partial charge in [0, 0.05) is 18.9 Å². The highest BCUT2D eigenvalue weighted by Crippen LogP contribution is 2.51. The Bertz CT molecular complexity index is 1120. The van der Waals surface area contributed by atoms with Crippen molar-refractivity contribution in [2.75, 3.05) is 13.2 Å². The number of aliphatic carboxylic acids is 1. The van der Waals surface area contributed by atoms with E-state index in [-0.39, 0.29) is 53.8 Å². The van der Waals surface area contributed by atoms with E-state index in [2.05, 4.69) is 26.8 Å². The van der Waals surface area contributed by atoms with Gasteiger partial charge in [-0.1, -0.05) is 56.5 Å². The molecule has 2 N–H and O–H groups in total. The summed E-state index contributed by atoms with van der Waals surface area (Å²) in [5, 5.41) is 18.6. The van der Waals surface area contributed by atoms with Crippen LogP contribution in [0.3, 0.4) is 0 Å². The molecule has 206 valence electrons. The fourth-order valence-corrected chi connectivity index (χ4v) is 6.49. The lowest BCUT2D eigenvalue weighted by atomic mass is 9.67. The van der Waals surface area contributed by atoms with Crippen LogP contribution in [-0.2, 0) is 19.1 Å². The Labute approximate surface area is 225 Å². The Morgan fingerprint density at radius 2 is 1.92 bits per heavy atom. The zero-order valence-corrected chi connectivity index (χ0v) is 22.8. The second-order valence-corrected chi connectivity index (χ2v) is 11.2. The van der Waals surface area contributed by atoms with E-state index in [1.807, 2.05) is 12.1 Å². The second kappa shape index (κ2) is 12.3. The number of amides is 2. The van der Waals surface area contributed by atoms with E-state index in [9.17, 15) is 19.5 Å². The molecular weight excluding hydrogens is 482 g/mol. The number of imide groups is 1. The maximum absolute atomic E-state index is 13.5.